The summed E-state index contributed by atoms with van der Waals surface area (Å²) in [5.74, 6) is 0.658. The first kappa shape index (κ1) is 21.5. The van der Waals surface area contributed by atoms with Crippen LogP contribution in [0.4, 0.5) is 0 Å². The Hall–Kier alpha value is -3.32. The van der Waals surface area contributed by atoms with Crippen LogP contribution in [0.25, 0.3) is 21.3 Å². The number of aromatic nitrogens is 2. The Morgan fingerprint density at radius 3 is 2.55 bits per heavy atom. The molecule has 1 aliphatic heterocycles. The zero-order chi connectivity index (χ0) is 22.8. The molecule has 7 nitrogen and oxygen atoms in total. The van der Waals surface area contributed by atoms with Crippen LogP contribution < -0.4 is 5.56 Å². The third-order valence-corrected chi connectivity index (χ3v) is 7.57. The third-order valence-electron chi connectivity index (χ3n) is 5.84. The van der Waals surface area contributed by atoms with Gasteiger partial charge in [0.1, 0.15) is 17.2 Å². The second-order valence-electron chi connectivity index (χ2n) is 7.82. The van der Waals surface area contributed by atoms with E-state index in [9.17, 15) is 14.9 Å². The molecule has 0 radical (unpaired) electrons. The number of benzene rings is 1. The van der Waals surface area contributed by atoms with Gasteiger partial charge in [-0.2, -0.15) is 5.26 Å². The number of hydrogen-bond donors (Lipinski definition) is 0. The molecule has 0 atom stereocenters. The Balaban J connectivity index is 1.40. The molecule has 1 aliphatic rings. The predicted octanol–water partition coefficient (Wildman–Crippen LogP) is 3.67. The average molecular weight is 476 g/mol. The molecule has 1 fully saturated rings. The summed E-state index contributed by atoms with van der Waals surface area (Å²) in [6.45, 7) is 3.05. The molecule has 0 saturated carbocycles. The molecule has 4 aromatic rings. The molecule has 5 rings (SSSR count). The summed E-state index contributed by atoms with van der Waals surface area (Å²) in [4.78, 5) is 36.3. The van der Waals surface area contributed by atoms with Crippen LogP contribution in [-0.4, -0.2) is 51.4 Å². The standard InChI is InChI=1S/C24H21N5O2S2/c25-8-9-29-20(15-27-10-12-28(13-11-27)23(30)19-7-4-14-32-19)26-22-21(24(29)31)18(16-33-22)17-5-2-1-3-6-17/h1-7,14,16H,9-13,15H2. The molecule has 33 heavy (non-hydrogen) atoms. The minimum Gasteiger partial charge on any atom is -0.335 e. The van der Waals surface area contributed by atoms with Crippen molar-refractivity contribution in [3.8, 4) is 17.2 Å². The van der Waals surface area contributed by atoms with Crippen molar-refractivity contribution in [3.05, 3.63) is 74.3 Å². The van der Waals surface area contributed by atoms with Crippen LogP contribution in [0, 0.1) is 11.3 Å². The Kier molecular flexibility index (Phi) is 6.05. The van der Waals surface area contributed by atoms with Gasteiger partial charge in [0, 0.05) is 37.1 Å². The van der Waals surface area contributed by atoms with Gasteiger partial charge >= 0.3 is 0 Å². The maximum atomic E-state index is 13.4. The molecule has 4 heterocycles. The molecule has 0 unspecified atom stereocenters. The highest BCUT2D eigenvalue weighted by atomic mass is 32.1. The molecule has 0 bridgehead atoms. The van der Waals surface area contributed by atoms with Crippen LogP contribution in [0.2, 0.25) is 0 Å². The lowest BCUT2D eigenvalue weighted by molar-refractivity contribution is 0.0628. The zero-order valence-electron chi connectivity index (χ0n) is 17.8. The lowest BCUT2D eigenvalue weighted by atomic mass is 10.1. The Morgan fingerprint density at radius 1 is 1.06 bits per heavy atom. The highest BCUT2D eigenvalue weighted by Crippen LogP contribution is 2.31. The number of nitrogens with zero attached hydrogens (tertiary/aromatic N) is 5. The lowest BCUT2D eigenvalue weighted by Gasteiger charge is -2.34. The van der Waals surface area contributed by atoms with Crippen LogP contribution in [0.5, 0.6) is 0 Å². The van der Waals surface area contributed by atoms with Crippen molar-refractivity contribution in [2.45, 2.75) is 13.1 Å². The number of amides is 1. The van der Waals surface area contributed by atoms with E-state index in [0.717, 1.165) is 16.0 Å². The molecule has 166 valence electrons. The summed E-state index contributed by atoms with van der Waals surface area (Å²) in [6, 6.07) is 15.6. The molecule has 1 amide bonds. The fourth-order valence-electron chi connectivity index (χ4n) is 4.12. The van der Waals surface area contributed by atoms with Crippen molar-refractivity contribution in [1.82, 2.24) is 19.4 Å². The molecular formula is C24H21N5O2S2. The van der Waals surface area contributed by atoms with Crippen LogP contribution >= 0.6 is 22.7 Å². The van der Waals surface area contributed by atoms with E-state index in [1.165, 1.54) is 27.2 Å². The maximum absolute atomic E-state index is 13.4. The Morgan fingerprint density at radius 2 is 1.85 bits per heavy atom. The molecule has 0 N–H and O–H groups in total. The SMILES string of the molecule is N#CCn1c(CN2CCN(C(=O)c3cccs3)CC2)nc2scc(-c3ccccc3)c2c1=O. The number of hydrogen-bond acceptors (Lipinski definition) is 7. The van der Waals surface area contributed by atoms with Gasteiger partial charge in [-0.15, -0.1) is 22.7 Å². The first-order valence-electron chi connectivity index (χ1n) is 10.6. The van der Waals surface area contributed by atoms with Gasteiger partial charge in [-0.25, -0.2) is 4.98 Å². The van der Waals surface area contributed by atoms with E-state index in [2.05, 4.69) is 11.0 Å². The van der Waals surface area contributed by atoms with E-state index in [-0.39, 0.29) is 18.0 Å². The van der Waals surface area contributed by atoms with Crippen LogP contribution in [-0.2, 0) is 13.1 Å². The van der Waals surface area contributed by atoms with Crippen LogP contribution in [0.15, 0.2) is 58.0 Å². The second kappa shape index (κ2) is 9.27. The molecule has 9 heteroatoms. The van der Waals surface area contributed by atoms with Crippen molar-refractivity contribution < 1.29 is 4.79 Å². The van der Waals surface area contributed by atoms with Gasteiger partial charge in [-0.05, 0) is 17.0 Å². The van der Waals surface area contributed by atoms with Gasteiger partial charge in [0.15, 0.2) is 0 Å². The predicted molar refractivity (Wildman–Crippen MR) is 130 cm³/mol. The number of nitriles is 1. The third kappa shape index (κ3) is 4.20. The molecule has 3 aromatic heterocycles. The lowest BCUT2D eigenvalue weighted by Crippen LogP contribution is -2.48. The van der Waals surface area contributed by atoms with Gasteiger partial charge in [0.05, 0.1) is 22.9 Å². The highest BCUT2D eigenvalue weighted by Gasteiger charge is 2.24. The van der Waals surface area contributed by atoms with Gasteiger partial charge in [-0.1, -0.05) is 36.4 Å². The molecule has 0 spiro atoms. The Labute approximate surface area is 198 Å². The summed E-state index contributed by atoms with van der Waals surface area (Å²) < 4.78 is 1.49. The van der Waals surface area contributed by atoms with Gasteiger partial charge < -0.3 is 4.90 Å². The zero-order valence-corrected chi connectivity index (χ0v) is 19.4. The second-order valence-corrected chi connectivity index (χ2v) is 9.62. The smallest absolute Gasteiger partial charge is 0.264 e. The summed E-state index contributed by atoms with van der Waals surface area (Å²) in [5.41, 5.74) is 1.64. The van der Waals surface area contributed by atoms with E-state index in [1.54, 1.807) is 0 Å². The largest absolute Gasteiger partial charge is 0.335 e. The number of carbonyl (C=O) groups is 1. The van der Waals surface area contributed by atoms with Gasteiger partial charge in [-0.3, -0.25) is 19.1 Å². The number of fused-ring (bicyclic) bond motifs is 1. The van der Waals surface area contributed by atoms with E-state index in [4.69, 9.17) is 4.98 Å². The summed E-state index contributed by atoms with van der Waals surface area (Å²) >= 11 is 2.91. The van der Waals surface area contributed by atoms with Gasteiger partial charge in [0.25, 0.3) is 11.5 Å². The number of thiophene rings is 2. The Bertz CT molecular complexity index is 1380. The van der Waals surface area contributed by atoms with E-state index in [1.807, 2.05) is 58.1 Å². The first-order chi connectivity index (χ1) is 16.2. The van der Waals surface area contributed by atoms with Crippen molar-refractivity contribution in [2.75, 3.05) is 26.2 Å². The number of carbonyl (C=O) groups excluding carboxylic acids is 1. The normalized spacial score (nSPS) is 14.5. The quantitative estimate of drug-likeness (QED) is 0.440. The van der Waals surface area contributed by atoms with E-state index in [0.29, 0.717) is 48.8 Å². The molecule has 0 aliphatic carbocycles. The fourth-order valence-corrected chi connectivity index (χ4v) is 5.76. The van der Waals surface area contributed by atoms with Crippen LogP contribution in [0.3, 0.4) is 0 Å². The first-order valence-corrected chi connectivity index (χ1v) is 12.4. The van der Waals surface area contributed by atoms with Crippen molar-refractivity contribution >= 4 is 38.8 Å². The van der Waals surface area contributed by atoms with Crippen molar-refractivity contribution in [1.29, 1.82) is 5.26 Å². The summed E-state index contributed by atoms with van der Waals surface area (Å²) in [6.07, 6.45) is 0. The summed E-state index contributed by atoms with van der Waals surface area (Å²) in [5, 5.41) is 13.8. The van der Waals surface area contributed by atoms with Crippen LogP contribution in [0.1, 0.15) is 15.5 Å². The minimum absolute atomic E-state index is 0.0436. The molecule has 1 saturated heterocycles. The fraction of sp³-hybridized carbons (Fsp3) is 0.250. The average Bonchev–Trinajstić information content (AvgIpc) is 3.53. The number of rotatable bonds is 5. The number of piperazine rings is 1. The highest BCUT2D eigenvalue weighted by molar-refractivity contribution is 7.17. The van der Waals surface area contributed by atoms with Crippen molar-refractivity contribution in [2.24, 2.45) is 0 Å². The van der Waals surface area contributed by atoms with E-state index < -0.39 is 0 Å². The molecule has 1 aromatic carbocycles. The topological polar surface area (TPSA) is 82.2 Å². The maximum Gasteiger partial charge on any atom is 0.264 e. The molecular weight excluding hydrogens is 454 g/mol. The summed E-state index contributed by atoms with van der Waals surface area (Å²) in [7, 11) is 0. The monoisotopic (exact) mass is 475 g/mol. The van der Waals surface area contributed by atoms with E-state index >= 15 is 0 Å². The minimum atomic E-state index is -0.178. The van der Waals surface area contributed by atoms with Crippen molar-refractivity contribution in [3.63, 3.8) is 0 Å². The van der Waals surface area contributed by atoms with Gasteiger partial charge in [0.2, 0.25) is 0 Å².